The minimum atomic E-state index is -0.501. The summed E-state index contributed by atoms with van der Waals surface area (Å²) < 4.78 is 14.2. The molecule has 0 bridgehead atoms. The van der Waals surface area contributed by atoms with Crippen molar-refractivity contribution in [1.29, 1.82) is 0 Å². The Bertz CT molecular complexity index is 457. The number of aliphatic hydroxyl groups is 1. The first kappa shape index (κ1) is 15.9. The summed E-state index contributed by atoms with van der Waals surface area (Å²) in [6, 6.07) is 4.69. The molecule has 0 radical (unpaired) electrons. The molecule has 1 aromatic rings. The van der Waals surface area contributed by atoms with Crippen molar-refractivity contribution in [3.8, 4) is 0 Å². The van der Waals surface area contributed by atoms with Crippen molar-refractivity contribution in [1.82, 2.24) is 9.80 Å². The fourth-order valence-corrected chi connectivity index (χ4v) is 3.19. The van der Waals surface area contributed by atoms with Crippen LogP contribution in [0.5, 0.6) is 0 Å². The van der Waals surface area contributed by atoms with Gasteiger partial charge in [-0.2, -0.15) is 0 Å². The molecule has 1 aromatic carbocycles. The molecule has 112 valence electrons. The molecule has 5 heteroatoms. The van der Waals surface area contributed by atoms with Gasteiger partial charge in [-0.3, -0.25) is 4.90 Å². The smallest absolute Gasteiger partial charge is 0.123 e. The Morgan fingerprint density at radius 3 is 2.90 bits per heavy atom. The monoisotopic (exact) mass is 344 g/mol. The summed E-state index contributed by atoms with van der Waals surface area (Å²) >= 11 is 3.42. The predicted octanol–water partition coefficient (Wildman–Crippen LogP) is 2.13. The van der Waals surface area contributed by atoms with Gasteiger partial charge in [0, 0.05) is 23.5 Å². The Balaban J connectivity index is 2.09. The van der Waals surface area contributed by atoms with Gasteiger partial charge in [-0.05, 0) is 57.4 Å². The van der Waals surface area contributed by atoms with E-state index in [0.717, 1.165) is 36.1 Å². The third-order valence-electron chi connectivity index (χ3n) is 4.00. The molecule has 1 aliphatic rings. The van der Waals surface area contributed by atoms with E-state index < -0.39 is 6.10 Å². The second kappa shape index (κ2) is 6.98. The van der Waals surface area contributed by atoms with Gasteiger partial charge < -0.3 is 10.0 Å². The maximum Gasteiger partial charge on any atom is 0.123 e. The summed E-state index contributed by atoms with van der Waals surface area (Å²) in [4.78, 5) is 4.46. The van der Waals surface area contributed by atoms with E-state index in [2.05, 4.69) is 32.8 Å². The van der Waals surface area contributed by atoms with Gasteiger partial charge in [0.2, 0.25) is 0 Å². The van der Waals surface area contributed by atoms with Crippen LogP contribution in [0.2, 0.25) is 0 Å². The quantitative estimate of drug-likeness (QED) is 0.909. The lowest BCUT2D eigenvalue weighted by Crippen LogP contribution is -2.47. The Morgan fingerprint density at radius 1 is 1.40 bits per heavy atom. The van der Waals surface area contributed by atoms with Crippen LogP contribution in [-0.2, 0) is 6.42 Å². The summed E-state index contributed by atoms with van der Waals surface area (Å²) in [5.74, 6) is -0.262. The van der Waals surface area contributed by atoms with Gasteiger partial charge in [0.25, 0.3) is 0 Å². The zero-order valence-electron chi connectivity index (χ0n) is 12.0. The summed E-state index contributed by atoms with van der Waals surface area (Å²) in [5.41, 5.74) is 0.817. The Labute approximate surface area is 128 Å². The number of likely N-dealkylation sites (N-methyl/N-ethyl adjacent to an activating group) is 2. The van der Waals surface area contributed by atoms with Crippen molar-refractivity contribution in [2.24, 2.45) is 0 Å². The van der Waals surface area contributed by atoms with Gasteiger partial charge in [0.1, 0.15) is 5.82 Å². The number of nitrogens with zero attached hydrogens (tertiary/aromatic N) is 2. The van der Waals surface area contributed by atoms with Crippen LogP contribution in [0.25, 0.3) is 0 Å². The van der Waals surface area contributed by atoms with E-state index in [1.165, 1.54) is 12.1 Å². The number of rotatable bonds is 3. The molecule has 1 fully saturated rings. The van der Waals surface area contributed by atoms with Crippen LogP contribution in [0.1, 0.15) is 12.0 Å². The molecule has 1 N–H and O–H groups in total. The highest BCUT2D eigenvalue weighted by molar-refractivity contribution is 9.10. The summed E-state index contributed by atoms with van der Waals surface area (Å²) in [6.07, 6.45) is 1.07. The van der Waals surface area contributed by atoms with Crippen LogP contribution in [0, 0.1) is 5.82 Å². The fourth-order valence-electron chi connectivity index (χ4n) is 2.78. The Kier molecular flexibility index (Phi) is 5.55. The van der Waals surface area contributed by atoms with Crippen molar-refractivity contribution in [3.05, 3.63) is 34.1 Å². The second-order valence-electron chi connectivity index (χ2n) is 5.67. The van der Waals surface area contributed by atoms with Crippen LogP contribution in [0.4, 0.5) is 4.39 Å². The minimum absolute atomic E-state index is 0.0812. The zero-order chi connectivity index (χ0) is 14.7. The molecule has 1 aliphatic heterocycles. The topological polar surface area (TPSA) is 26.7 Å². The molecular formula is C15H22BrFN2O. The predicted molar refractivity (Wildman–Crippen MR) is 82.3 cm³/mol. The Hall–Kier alpha value is -0.490. The van der Waals surface area contributed by atoms with Crippen LogP contribution in [0.3, 0.4) is 0 Å². The van der Waals surface area contributed by atoms with Gasteiger partial charge >= 0.3 is 0 Å². The van der Waals surface area contributed by atoms with E-state index in [1.807, 2.05) is 7.05 Å². The van der Waals surface area contributed by atoms with Crippen molar-refractivity contribution in [2.45, 2.75) is 25.0 Å². The van der Waals surface area contributed by atoms with Crippen molar-refractivity contribution >= 4 is 15.9 Å². The van der Waals surface area contributed by atoms with Crippen LogP contribution < -0.4 is 0 Å². The highest BCUT2D eigenvalue weighted by atomic mass is 79.9. The third-order valence-corrected chi connectivity index (χ3v) is 4.77. The van der Waals surface area contributed by atoms with Gasteiger partial charge in [0.05, 0.1) is 6.10 Å². The zero-order valence-corrected chi connectivity index (χ0v) is 13.6. The van der Waals surface area contributed by atoms with Gasteiger partial charge in [-0.15, -0.1) is 0 Å². The molecule has 0 amide bonds. The first-order chi connectivity index (χ1) is 9.47. The summed E-state index contributed by atoms with van der Waals surface area (Å²) in [7, 11) is 4.13. The molecule has 2 atom stereocenters. The minimum Gasteiger partial charge on any atom is -0.391 e. The number of benzene rings is 1. The van der Waals surface area contributed by atoms with E-state index in [9.17, 15) is 9.50 Å². The average Bonchev–Trinajstić information content (AvgIpc) is 2.55. The van der Waals surface area contributed by atoms with Crippen LogP contribution in [0.15, 0.2) is 22.7 Å². The van der Waals surface area contributed by atoms with Gasteiger partial charge in [-0.1, -0.05) is 15.9 Å². The van der Waals surface area contributed by atoms with E-state index in [4.69, 9.17) is 0 Å². The lowest BCUT2D eigenvalue weighted by Gasteiger charge is -2.31. The van der Waals surface area contributed by atoms with Crippen molar-refractivity contribution in [3.63, 3.8) is 0 Å². The molecule has 0 aliphatic carbocycles. The number of halogens is 2. The molecule has 20 heavy (non-hydrogen) atoms. The average molecular weight is 345 g/mol. The van der Waals surface area contributed by atoms with Gasteiger partial charge in [-0.25, -0.2) is 4.39 Å². The van der Waals surface area contributed by atoms with Crippen molar-refractivity contribution < 1.29 is 9.50 Å². The summed E-state index contributed by atoms with van der Waals surface area (Å²) in [5, 5.41) is 10.5. The van der Waals surface area contributed by atoms with Crippen LogP contribution in [-0.4, -0.2) is 60.8 Å². The number of aliphatic hydroxyl groups excluding tert-OH is 1. The van der Waals surface area contributed by atoms with E-state index in [0.29, 0.717) is 6.42 Å². The first-order valence-electron chi connectivity index (χ1n) is 6.98. The molecule has 3 nitrogen and oxygen atoms in total. The lowest BCUT2D eigenvalue weighted by molar-refractivity contribution is 0.0580. The molecule has 1 heterocycles. The number of hydrogen-bond acceptors (Lipinski definition) is 3. The SMILES string of the molecule is CN1CCCN(C)C(C(O)Cc2cc(F)ccc2Br)C1. The van der Waals surface area contributed by atoms with E-state index >= 15 is 0 Å². The first-order valence-corrected chi connectivity index (χ1v) is 7.77. The highest BCUT2D eigenvalue weighted by Gasteiger charge is 2.27. The second-order valence-corrected chi connectivity index (χ2v) is 6.53. The molecule has 2 unspecified atom stereocenters. The van der Waals surface area contributed by atoms with E-state index in [-0.39, 0.29) is 11.9 Å². The summed E-state index contributed by atoms with van der Waals surface area (Å²) in [6.45, 7) is 2.87. The molecule has 2 rings (SSSR count). The van der Waals surface area contributed by atoms with Gasteiger partial charge in [0.15, 0.2) is 0 Å². The molecule has 0 saturated carbocycles. The molecule has 1 saturated heterocycles. The molecular weight excluding hydrogens is 323 g/mol. The largest absolute Gasteiger partial charge is 0.391 e. The van der Waals surface area contributed by atoms with Crippen molar-refractivity contribution in [2.75, 3.05) is 33.7 Å². The fraction of sp³-hybridized carbons (Fsp3) is 0.600. The molecule has 0 aromatic heterocycles. The lowest BCUT2D eigenvalue weighted by atomic mass is 10.0. The maximum atomic E-state index is 13.3. The van der Waals surface area contributed by atoms with Crippen LogP contribution >= 0.6 is 15.9 Å². The maximum absolute atomic E-state index is 13.3. The highest BCUT2D eigenvalue weighted by Crippen LogP contribution is 2.22. The Morgan fingerprint density at radius 2 is 2.15 bits per heavy atom. The normalized spacial score (nSPS) is 23.6. The van der Waals surface area contributed by atoms with E-state index in [1.54, 1.807) is 6.07 Å². The number of hydrogen-bond donors (Lipinski definition) is 1. The standard InChI is InChI=1S/C15H22BrFN2O/c1-18-6-3-7-19(2)14(10-18)15(20)9-11-8-12(17)4-5-13(11)16/h4-5,8,14-15,20H,3,6-7,9-10H2,1-2H3. The third kappa shape index (κ3) is 4.01. The molecule has 0 spiro atoms.